The van der Waals surface area contributed by atoms with E-state index in [1.165, 1.54) is 17.4 Å². The van der Waals surface area contributed by atoms with Crippen LogP contribution in [0, 0.1) is 17.1 Å². The second kappa shape index (κ2) is 8.12. The number of aromatic nitrogens is 2. The molecule has 0 saturated heterocycles. The number of thiazole rings is 1. The van der Waals surface area contributed by atoms with Gasteiger partial charge in [0.15, 0.2) is 5.13 Å². The summed E-state index contributed by atoms with van der Waals surface area (Å²) in [7, 11) is 0. The minimum absolute atomic E-state index is 0. The van der Waals surface area contributed by atoms with Crippen LogP contribution < -0.4 is 4.90 Å². The van der Waals surface area contributed by atoms with E-state index in [-0.39, 0.29) is 18.2 Å². The number of nitrogens with zero attached hydrogens (tertiary/aromatic N) is 4. The van der Waals surface area contributed by atoms with E-state index in [1.54, 1.807) is 36.7 Å². The van der Waals surface area contributed by atoms with E-state index in [1.807, 2.05) is 29.2 Å². The summed E-state index contributed by atoms with van der Waals surface area (Å²) in [6, 6.07) is 18.0. The summed E-state index contributed by atoms with van der Waals surface area (Å²) >= 11 is 1.48. The second-order valence-electron chi connectivity index (χ2n) is 5.69. The fourth-order valence-corrected chi connectivity index (χ4v) is 3.68. The molecule has 2 aromatic carbocycles. The number of fused-ring (bicyclic) bond motifs is 1. The number of benzene rings is 2. The molecule has 27 heavy (non-hydrogen) atoms. The van der Waals surface area contributed by atoms with E-state index in [4.69, 9.17) is 5.26 Å². The van der Waals surface area contributed by atoms with Gasteiger partial charge in [-0.25, -0.2) is 9.37 Å². The van der Waals surface area contributed by atoms with Gasteiger partial charge in [-0.05, 0) is 35.9 Å². The van der Waals surface area contributed by atoms with Gasteiger partial charge in [-0.2, -0.15) is 5.26 Å². The van der Waals surface area contributed by atoms with Gasteiger partial charge in [0.05, 0.1) is 34.8 Å². The molecule has 4 rings (SSSR count). The first-order chi connectivity index (χ1) is 12.7. The smallest absolute Gasteiger partial charge is 0.191 e. The third-order valence-electron chi connectivity index (χ3n) is 3.95. The molecule has 2 heterocycles. The minimum Gasteiger partial charge on any atom is -0.311 e. The molecule has 0 N–H and O–H groups in total. The molecule has 0 aliphatic heterocycles. The normalized spacial score (nSPS) is 10.2. The van der Waals surface area contributed by atoms with Crippen LogP contribution in [0.5, 0.6) is 0 Å². The van der Waals surface area contributed by atoms with Crippen LogP contribution in [0.4, 0.5) is 15.2 Å². The Balaban J connectivity index is 0.00000210. The molecule has 2 aromatic heterocycles. The molecular formula is C20H14ClFN4S. The third-order valence-corrected chi connectivity index (χ3v) is 5.01. The molecule has 0 atom stereocenters. The molecular weight excluding hydrogens is 383 g/mol. The summed E-state index contributed by atoms with van der Waals surface area (Å²) in [5, 5.41) is 9.81. The van der Waals surface area contributed by atoms with E-state index in [0.29, 0.717) is 22.9 Å². The molecule has 0 unspecified atom stereocenters. The first-order valence-electron chi connectivity index (χ1n) is 7.96. The topological polar surface area (TPSA) is 52.8 Å². The highest BCUT2D eigenvalue weighted by atomic mass is 35.5. The number of anilines is 2. The lowest BCUT2D eigenvalue weighted by Crippen LogP contribution is -2.17. The highest BCUT2D eigenvalue weighted by molar-refractivity contribution is 7.22. The lowest BCUT2D eigenvalue weighted by Gasteiger charge is -2.22. The van der Waals surface area contributed by atoms with Crippen LogP contribution in [-0.4, -0.2) is 9.97 Å². The van der Waals surface area contributed by atoms with Crippen molar-refractivity contribution in [2.45, 2.75) is 6.54 Å². The predicted molar refractivity (Wildman–Crippen MR) is 108 cm³/mol. The highest BCUT2D eigenvalue weighted by Gasteiger charge is 2.18. The van der Waals surface area contributed by atoms with Crippen molar-refractivity contribution in [3.05, 3.63) is 83.9 Å². The quantitative estimate of drug-likeness (QED) is 0.459. The fraction of sp³-hybridized carbons (Fsp3) is 0.0500. The van der Waals surface area contributed by atoms with Gasteiger partial charge in [0, 0.05) is 6.20 Å². The number of hydrogen-bond donors (Lipinski definition) is 0. The summed E-state index contributed by atoms with van der Waals surface area (Å²) in [6.07, 6.45) is 3.42. The Morgan fingerprint density at radius 1 is 1.11 bits per heavy atom. The Bertz CT molecular complexity index is 1090. The van der Waals surface area contributed by atoms with Crippen molar-refractivity contribution in [1.29, 1.82) is 5.26 Å². The molecule has 4 aromatic rings. The molecule has 0 spiro atoms. The van der Waals surface area contributed by atoms with E-state index in [2.05, 4.69) is 16.0 Å². The van der Waals surface area contributed by atoms with Crippen LogP contribution in [0.1, 0.15) is 11.1 Å². The van der Waals surface area contributed by atoms with Crippen molar-refractivity contribution in [1.82, 2.24) is 9.97 Å². The number of hydrogen-bond acceptors (Lipinski definition) is 5. The Hall–Kier alpha value is -3.01. The van der Waals surface area contributed by atoms with Crippen molar-refractivity contribution >= 4 is 44.8 Å². The molecule has 0 fully saturated rings. The van der Waals surface area contributed by atoms with Gasteiger partial charge in [0.1, 0.15) is 11.3 Å². The lowest BCUT2D eigenvalue weighted by molar-refractivity contribution is 0.624. The largest absolute Gasteiger partial charge is 0.311 e. The van der Waals surface area contributed by atoms with Crippen LogP contribution in [0.25, 0.3) is 10.2 Å². The van der Waals surface area contributed by atoms with E-state index >= 15 is 0 Å². The van der Waals surface area contributed by atoms with Gasteiger partial charge in [0.25, 0.3) is 0 Å². The average molecular weight is 397 g/mol. The minimum atomic E-state index is -0.318. The van der Waals surface area contributed by atoms with Gasteiger partial charge in [0.2, 0.25) is 0 Å². The maximum Gasteiger partial charge on any atom is 0.191 e. The Labute approximate surface area is 166 Å². The standard InChI is InChI=1S/C20H13FN4S.ClH/c21-16-6-1-2-7-18(16)25(13-15-5-3-4-14(10-15)11-22)20-24-17-12-23-9-8-19(17)26-20;/h1-10,12H,13H2;1H. The first-order valence-corrected chi connectivity index (χ1v) is 8.78. The second-order valence-corrected chi connectivity index (χ2v) is 6.70. The van der Waals surface area contributed by atoms with Crippen LogP contribution in [0.15, 0.2) is 67.0 Å². The summed E-state index contributed by atoms with van der Waals surface area (Å²) in [6.45, 7) is 0.406. The van der Waals surface area contributed by atoms with Crippen LogP contribution in [-0.2, 0) is 6.54 Å². The number of nitriles is 1. The zero-order valence-electron chi connectivity index (χ0n) is 14.0. The summed E-state index contributed by atoms with van der Waals surface area (Å²) in [5.74, 6) is -0.318. The van der Waals surface area contributed by atoms with Gasteiger partial charge in [-0.3, -0.25) is 4.98 Å². The Morgan fingerprint density at radius 3 is 2.74 bits per heavy atom. The van der Waals surface area contributed by atoms with Crippen molar-refractivity contribution < 1.29 is 4.39 Å². The average Bonchev–Trinajstić information content (AvgIpc) is 3.11. The van der Waals surface area contributed by atoms with E-state index in [9.17, 15) is 4.39 Å². The zero-order chi connectivity index (χ0) is 17.9. The monoisotopic (exact) mass is 396 g/mol. The van der Waals surface area contributed by atoms with E-state index in [0.717, 1.165) is 15.8 Å². The number of para-hydroxylation sites is 1. The predicted octanol–water partition coefficient (Wildman–Crippen LogP) is 5.46. The SMILES string of the molecule is Cl.N#Cc1cccc(CN(c2nc3cnccc3s2)c2ccccc2F)c1. The fourth-order valence-electron chi connectivity index (χ4n) is 2.73. The molecule has 4 nitrogen and oxygen atoms in total. The molecule has 0 aliphatic carbocycles. The van der Waals surface area contributed by atoms with E-state index < -0.39 is 0 Å². The summed E-state index contributed by atoms with van der Waals surface area (Å²) in [5.41, 5.74) is 2.70. The Kier molecular flexibility index (Phi) is 5.65. The molecule has 134 valence electrons. The van der Waals surface area contributed by atoms with Crippen LogP contribution >= 0.6 is 23.7 Å². The zero-order valence-corrected chi connectivity index (χ0v) is 15.7. The summed E-state index contributed by atoms with van der Waals surface area (Å²) in [4.78, 5) is 10.5. The summed E-state index contributed by atoms with van der Waals surface area (Å²) < 4.78 is 15.5. The molecule has 0 saturated carbocycles. The van der Waals surface area contributed by atoms with Gasteiger partial charge < -0.3 is 4.90 Å². The molecule has 0 radical (unpaired) electrons. The molecule has 0 amide bonds. The van der Waals surface area contributed by atoms with Gasteiger partial charge in [-0.1, -0.05) is 35.6 Å². The van der Waals surface area contributed by atoms with Gasteiger partial charge in [-0.15, -0.1) is 12.4 Å². The van der Waals surface area contributed by atoms with Gasteiger partial charge >= 0.3 is 0 Å². The van der Waals surface area contributed by atoms with Crippen LogP contribution in [0.2, 0.25) is 0 Å². The molecule has 0 aliphatic rings. The maximum atomic E-state index is 14.5. The Morgan fingerprint density at radius 2 is 1.96 bits per heavy atom. The maximum absolute atomic E-state index is 14.5. The lowest BCUT2D eigenvalue weighted by atomic mass is 10.1. The molecule has 0 bridgehead atoms. The highest BCUT2D eigenvalue weighted by Crippen LogP contribution is 2.35. The van der Waals surface area contributed by atoms with Crippen LogP contribution in [0.3, 0.4) is 0 Å². The number of halogens is 2. The number of pyridine rings is 1. The van der Waals surface area contributed by atoms with Crippen molar-refractivity contribution in [3.63, 3.8) is 0 Å². The first kappa shape index (κ1) is 18.8. The van der Waals surface area contributed by atoms with Crippen molar-refractivity contribution in [3.8, 4) is 6.07 Å². The third kappa shape index (κ3) is 3.90. The van der Waals surface area contributed by atoms with Crippen molar-refractivity contribution in [2.75, 3.05) is 4.90 Å². The van der Waals surface area contributed by atoms with Crippen molar-refractivity contribution in [2.24, 2.45) is 0 Å². The number of rotatable bonds is 4. The molecule has 7 heteroatoms.